The Labute approximate surface area is 107 Å². The first-order valence-electron chi connectivity index (χ1n) is 6.00. The molecule has 0 amide bonds. The maximum absolute atomic E-state index is 6.22. The highest BCUT2D eigenvalue weighted by atomic mass is 32.1. The second-order valence-corrected chi connectivity index (χ2v) is 6.05. The number of rotatable bonds is 4. The van der Waals surface area contributed by atoms with Gasteiger partial charge in [-0.05, 0) is 43.9 Å². The lowest BCUT2D eigenvalue weighted by atomic mass is 10.0. The molecule has 0 fully saturated rings. The van der Waals surface area contributed by atoms with Crippen molar-refractivity contribution in [3.8, 4) is 0 Å². The molecule has 1 aromatic carbocycles. The summed E-state index contributed by atoms with van der Waals surface area (Å²) in [6.07, 6.45) is 1.93. The molecule has 0 bridgehead atoms. The Morgan fingerprint density at radius 2 is 1.82 bits per heavy atom. The van der Waals surface area contributed by atoms with E-state index < -0.39 is 0 Å². The summed E-state index contributed by atoms with van der Waals surface area (Å²) in [6.45, 7) is 4.34. The van der Waals surface area contributed by atoms with E-state index in [4.69, 9.17) is 5.73 Å². The van der Waals surface area contributed by atoms with Gasteiger partial charge in [0, 0.05) is 15.8 Å². The van der Waals surface area contributed by atoms with Crippen molar-refractivity contribution in [1.82, 2.24) is 0 Å². The van der Waals surface area contributed by atoms with Gasteiger partial charge in [-0.2, -0.15) is 0 Å². The van der Waals surface area contributed by atoms with Gasteiger partial charge in [-0.1, -0.05) is 30.3 Å². The second kappa shape index (κ2) is 5.48. The molecule has 2 aromatic rings. The quantitative estimate of drug-likeness (QED) is 0.877. The van der Waals surface area contributed by atoms with E-state index in [0.29, 0.717) is 0 Å². The lowest BCUT2D eigenvalue weighted by Crippen LogP contribution is -2.25. The monoisotopic (exact) mass is 245 g/mol. The average Bonchev–Trinajstić information content (AvgIpc) is 2.58. The second-order valence-electron chi connectivity index (χ2n) is 4.59. The third-order valence-corrected chi connectivity index (χ3v) is 3.97. The Morgan fingerprint density at radius 3 is 2.41 bits per heavy atom. The molecule has 1 heterocycles. The van der Waals surface area contributed by atoms with Crippen LogP contribution in [0.1, 0.15) is 20.9 Å². The van der Waals surface area contributed by atoms with Crippen LogP contribution in [0.5, 0.6) is 0 Å². The molecule has 0 aliphatic carbocycles. The molecule has 0 radical (unpaired) electrons. The van der Waals surface area contributed by atoms with Crippen molar-refractivity contribution in [2.24, 2.45) is 5.73 Å². The molecular formula is C15H19NS. The van der Waals surface area contributed by atoms with Crippen molar-refractivity contribution in [1.29, 1.82) is 0 Å². The molecule has 2 N–H and O–H groups in total. The van der Waals surface area contributed by atoms with Gasteiger partial charge in [-0.3, -0.25) is 0 Å². The first kappa shape index (κ1) is 12.3. The number of benzene rings is 1. The van der Waals surface area contributed by atoms with Crippen molar-refractivity contribution in [3.05, 3.63) is 57.3 Å². The van der Waals surface area contributed by atoms with Crippen LogP contribution in [0.25, 0.3) is 0 Å². The Bertz CT molecular complexity index is 473. The number of aryl methyl sites for hydroxylation is 2. The smallest absolute Gasteiger partial charge is 0.0120 e. The molecule has 2 rings (SSSR count). The molecule has 0 spiro atoms. The first-order valence-corrected chi connectivity index (χ1v) is 6.82. The van der Waals surface area contributed by atoms with E-state index in [0.717, 1.165) is 12.8 Å². The van der Waals surface area contributed by atoms with Crippen LogP contribution in [0.15, 0.2) is 36.4 Å². The minimum absolute atomic E-state index is 0.213. The molecule has 1 unspecified atom stereocenters. The zero-order valence-electron chi connectivity index (χ0n) is 10.4. The van der Waals surface area contributed by atoms with Crippen LogP contribution in [0, 0.1) is 13.8 Å². The molecule has 17 heavy (non-hydrogen) atoms. The van der Waals surface area contributed by atoms with Crippen LogP contribution >= 0.6 is 11.3 Å². The van der Waals surface area contributed by atoms with Gasteiger partial charge in [0.1, 0.15) is 0 Å². The zero-order chi connectivity index (χ0) is 12.3. The van der Waals surface area contributed by atoms with Gasteiger partial charge in [0.15, 0.2) is 0 Å². The number of hydrogen-bond acceptors (Lipinski definition) is 2. The highest BCUT2D eigenvalue weighted by Gasteiger charge is 2.09. The third kappa shape index (κ3) is 3.42. The minimum Gasteiger partial charge on any atom is -0.327 e. The fraction of sp³-hybridized carbons (Fsp3) is 0.333. The van der Waals surface area contributed by atoms with E-state index in [2.05, 4.69) is 44.2 Å². The van der Waals surface area contributed by atoms with Crippen molar-refractivity contribution in [3.63, 3.8) is 0 Å². The summed E-state index contributed by atoms with van der Waals surface area (Å²) >= 11 is 1.86. The van der Waals surface area contributed by atoms with Crippen molar-refractivity contribution in [2.75, 3.05) is 0 Å². The van der Waals surface area contributed by atoms with Crippen molar-refractivity contribution >= 4 is 11.3 Å². The molecule has 0 saturated heterocycles. The molecule has 1 aromatic heterocycles. The normalized spacial score (nSPS) is 12.6. The Morgan fingerprint density at radius 1 is 1.12 bits per heavy atom. The van der Waals surface area contributed by atoms with E-state index in [1.165, 1.54) is 20.9 Å². The molecule has 0 aliphatic rings. The molecule has 90 valence electrons. The van der Waals surface area contributed by atoms with Gasteiger partial charge in [-0.15, -0.1) is 11.3 Å². The lowest BCUT2D eigenvalue weighted by Gasteiger charge is -2.11. The summed E-state index contributed by atoms with van der Waals surface area (Å²) < 4.78 is 0. The van der Waals surface area contributed by atoms with Gasteiger partial charge < -0.3 is 5.73 Å². The van der Waals surface area contributed by atoms with Crippen molar-refractivity contribution in [2.45, 2.75) is 32.7 Å². The number of nitrogens with two attached hydrogens (primary N) is 1. The van der Waals surface area contributed by atoms with Gasteiger partial charge >= 0.3 is 0 Å². The molecule has 2 heteroatoms. The van der Waals surface area contributed by atoms with Crippen LogP contribution in [-0.4, -0.2) is 6.04 Å². The van der Waals surface area contributed by atoms with E-state index in [9.17, 15) is 0 Å². The SMILES string of the molecule is Cc1cc(CC(N)Cc2ccccc2)c(C)s1. The fourth-order valence-electron chi connectivity index (χ4n) is 2.16. The van der Waals surface area contributed by atoms with Crippen LogP contribution in [0.4, 0.5) is 0 Å². The zero-order valence-corrected chi connectivity index (χ0v) is 11.3. The van der Waals surface area contributed by atoms with Gasteiger partial charge in [-0.25, -0.2) is 0 Å². The predicted octanol–water partition coefficient (Wildman–Crippen LogP) is 3.48. The van der Waals surface area contributed by atoms with Crippen molar-refractivity contribution < 1.29 is 0 Å². The maximum atomic E-state index is 6.22. The van der Waals surface area contributed by atoms with Gasteiger partial charge in [0.2, 0.25) is 0 Å². The summed E-state index contributed by atoms with van der Waals surface area (Å²) in [5.41, 5.74) is 8.96. The number of hydrogen-bond donors (Lipinski definition) is 1. The van der Waals surface area contributed by atoms with Crippen LogP contribution < -0.4 is 5.73 Å². The third-order valence-electron chi connectivity index (χ3n) is 2.97. The predicted molar refractivity (Wildman–Crippen MR) is 75.6 cm³/mol. The summed E-state index contributed by atoms with van der Waals surface area (Å²) in [5.74, 6) is 0. The van der Waals surface area contributed by atoms with E-state index in [1.54, 1.807) is 0 Å². The summed E-state index contributed by atoms with van der Waals surface area (Å²) in [7, 11) is 0. The Kier molecular flexibility index (Phi) is 3.97. The van der Waals surface area contributed by atoms with E-state index >= 15 is 0 Å². The highest BCUT2D eigenvalue weighted by Crippen LogP contribution is 2.22. The summed E-state index contributed by atoms with van der Waals surface area (Å²) in [4.78, 5) is 2.79. The summed E-state index contributed by atoms with van der Waals surface area (Å²) in [5, 5.41) is 0. The first-order chi connectivity index (χ1) is 8.15. The standard InChI is InChI=1S/C15H19NS/c1-11-8-14(12(2)17-11)10-15(16)9-13-6-4-3-5-7-13/h3-8,15H,9-10,16H2,1-2H3. The topological polar surface area (TPSA) is 26.0 Å². The summed E-state index contributed by atoms with van der Waals surface area (Å²) in [6, 6.07) is 13.0. The fourth-order valence-corrected chi connectivity index (χ4v) is 3.12. The minimum atomic E-state index is 0.213. The van der Waals surface area contributed by atoms with Crippen LogP contribution in [-0.2, 0) is 12.8 Å². The number of thiophene rings is 1. The largest absolute Gasteiger partial charge is 0.327 e. The molecular weight excluding hydrogens is 226 g/mol. The highest BCUT2D eigenvalue weighted by molar-refractivity contribution is 7.12. The van der Waals surface area contributed by atoms with Crippen LogP contribution in [0.2, 0.25) is 0 Å². The molecule has 0 aliphatic heterocycles. The van der Waals surface area contributed by atoms with E-state index in [-0.39, 0.29) is 6.04 Å². The Hall–Kier alpha value is -1.12. The van der Waals surface area contributed by atoms with Crippen LogP contribution in [0.3, 0.4) is 0 Å². The average molecular weight is 245 g/mol. The maximum Gasteiger partial charge on any atom is 0.0120 e. The van der Waals surface area contributed by atoms with Gasteiger partial charge in [0.25, 0.3) is 0 Å². The molecule has 1 nitrogen and oxygen atoms in total. The Balaban J connectivity index is 1.98. The van der Waals surface area contributed by atoms with E-state index in [1.807, 2.05) is 17.4 Å². The van der Waals surface area contributed by atoms with Gasteiger partial charge in [0.05, 0.1) is 0 Å². The molecule has 1 atom stereocenters. The lowest BCUT2D eigenvalue weighted by molar-refractivity contribution is 0.664. The molecule has 0 saturated carbocycles.